The predicted octanol–water partition coefficient (Wildman–Crippen LogP) is 2.24. The molecule has 0 bridgehead atoms. The molecule has 2 N–H and O–H groups in total. The Hall–Kier alpha value is -0.580. The quantitative estimate of drug-likeness (QED) is 0.900. The number of halogens is 1. The third-order valence-electron chi connectivity index (χ3n) is 2.86. The summed E-state index contributed by atoms with van der Waals surface area (Å²) in [6.07, 6.45) is 1.63. The van der Waals surface area contributed by atoms with E-state index in [2.05, 4.69) is 0 Å². The molecule has 0 aliphatic heterocycles. The fourth-order valence-electron chi connectivity index (χ4n) is 1.62. The number of nitrogens with two attached hydrogens (primary N) is 1. The first-order chi connectivity index (χ1) is 7.55. The molecule has 0 spiro atoms. The average molecular weight is 259 g/mol. The number of carbonyl (C=O) groups excluding carboxylic acids is 1. The van der Waals surface area contributed by atoms with Crippen LogP contribution in [0, 0.1) is 0 Å². The van der Waals surface area contributed by atoms with Crippen molar-refractivity contribution in [2.24, 2.45) is 5.73 Å². The highest BCUT2D eigenvalue weighted by atomic mass is 35.5. The fraction of sp³-hybridized carbons (Fsp3) is 0.545. The Morgan fingerprint density at radius 1 is 1.62 bits per heavy atom. The molecular weight excluding hydrogens is 244 g/mol. The van der Waals surface area contributed by atoms with Crippen LogP contribution in [-0.2, 0) is 11.3 Å². The minimum absolute atomic E-state index is 0.0690. The topological polar surface area (TPSA) is 46.3 Å². The molecule has 1 saturated carbocycles. The summed E-state index contributed by atoms with van der Waals surface area (Å²) in [7, 11) is 0. The second-order valence-corrected chi connectivity index (χ2v) is 5.98. The highest BCUT2D eigenvalue weighted by molar-refractivity contribution is 7.16. The van der Waals surface area contributed by atoms with Crippen molar-refractivity contribution in [1.82, 2.24) is 4.90 Å². The van der Waals surface area contributed by atoms with Gasteiger partial charge in [-0.1, -0.05) is 11.6 Å². The van der Waals surface area contributed by atoms with E-state index < -0.39 is 5.54 Å². The first-order valence-electron chi connectivity index (χ1n) is 5.37. The Kier molecular flexibility index (Phi) is 3.24. The van der Waals surface area contributed by atoms with Crippen molar-refractivity contribution < 1.29 is 4.79 Å². The molecule has 2 rings (SSSR count). The van der Waals surface area contributed by atoms with Gasteiger partial charge in [-0.3, -0.25) is 4.79 Å². The van der Waals surface area contributed by atoms with E-state index in [-0.39, 0.29) is 5.91 Å². The summed E-state index contributed by atoms with van der Waals surface area (Å²) >= 11 is 7.37. The van der Waals surface area contributed by atoms with Gasteiger partial charge in [-0.2, -0.15) is 0 Å². The van der Waals surface area contributed by atoms with Crippen molar-refractivity contribution in [2.45, 2.75) is 31.8 Å². The summed E-state index contributed by atoms with van der Waals surface area (Å²) in [5.41, 5.74) is 5.34. The fourth-order valence-corrected chi connectivity index (χ4v) is 2.72. The van der Waals surface area contributed by atoms with Gasteiger partial charge >= 0.3 is 0 Å². The molecule has 0 saturated heterocycles. The van der Waals surface area contributed by atoms with Crippen molar-refractivity contribution in [3.8, 4) is 0 Å². The molecule has 1 aliphatic carbocycles. The summed E-state index contributed by atoms with van der Waals surface area (Å²) < 4.78 is 0.757. The van der Waals surface area contributed by atoms with Gasteiger partial charge in [0, 0.05) is 11.4 Å². The molecule has 3 nitrogen and oxygen atoms in total. The summed E-state index contributed by atoms with van der Waals surface area (Å²) in [5, 5.41) is 0. The van der Waals surface area contributed by atoms with Crippen molar-refractivity contribution in [3.05, 3.63) is 21.3 Å². The van der Waals surface area contributed by atoms with Gasteiger partial charge in [0.15, 0.2) is 0 Å². The molecular formula is C11H15ClN2OS. The lowest BCUT2D eigenvalue weighted by molar-refractivity contribution is -0.134. The SMILES string of the molecule is CCN(Cc1ccc(Cl)s1)C(=O)C1(N)CC1. The minimum Gasteiger partial charge on any atom is -0.336 e. The minimum atomic E-state index is -0.572. The smallest absolute Gasteiger partial charge is 0.242 e. The van der Waals surface area contributed by atoms with Crippen LogP contribution < -0.4 is 5.73 Å². The van der Waals surface area contributed by atoms with Crippen molar-refractivity contribution >= 4 is 28.8 Å². The molecule has 1 heterocycles. The Morgan fingerprint density at radius 2 is 2.31 bits per heavy atom. The van der Waals surface area contributed by atoms with Crippen LogP contribution >= 0.6 is 22.9 Å². The lowest BCUT2D eigenvalue weighted by atomic mass is 10.2. The van der Waals surface area contributed by atoms with Gasteiger partial charge in [-0.05, 0) is 31.9 Å². The van der Waals surface area contributed by atoms with E-state index in [0.29, 0.717) is 13.1 Å². The first-order valence-corrected chi connectivity index (χ1v) is 6.57. The largest absolute Gasteiger partial charge is 0.336 e. The van der Waals surface area contributed by atoms with Crippen molar-refractivity contribution in [2.75, 3.05) is 6.54 Å². The maximum Gasteiger partial charge on any atom is 0.242 e. The molecule has 0 atom stereocenters. The van der Waals surface area contributed by atoms with Crippen LogP contribution in [0.25, 0.3) is 0 Å². The zero-order valence-corrected chi connectivity index (χ0v) is 10.8. The van der Waals surface area contributed by atoms with Gasteiger partial charge in [0.05, 0.1) is 16.4 Å². The summed E-state index contributed by atoms with van der Waals surface area (Å²) in [4.78, 5) is 14.9. The van der Waals surface area contributed by atoms with E-state index in [9.17, 15) is 4.79 Å². The maximum absolute atomic E-state index is 12.0. The van der Waals surface area contributed by atoms with Gasteiger partial charge in [-0.15, -0.1) is 11.3 Å². The summed E-state index contributed by atoms with van der Waals surface area (Å²) in [5.74, 6) is 0.0690. The number of amides is 1. The molecule has 16 heavy (non-hydrogen) atoms. The van der Waals surface area contributed by atoms with Crippen LogP contribution in [0.3, 0.4) is 0 Å². The Bertz CT molecular complexity index is 400. The van der Waals surface area contributed by atoms with Gasteiger partial charge < -0.3 is 10.6 Å². The van der Waals surface area contributed by atoms with Crippen LogP contribution in [0.4, 0.5) is 0 Å². The lowest BCUT2D eigenvalue weighted by Gasteiger charge is -2.23. The molecule has 5 heteroatoms. The number of likely N-dealkylation sites (N-methyl/N-ethyl adjacent to an activating group) is 1. The predicted molar refractivity (Wildman–Crippen MR) is 66.6 cm³/mol. The number of thiophene rings is 1. The van der Waals surface area contributed by atoms with E-state index in [0.717, 1.165) is 22.1 Å². The standard InChI is InChI=1S/C11H15ClN2OS/c1-2-14(10(15)11(13)5-6-11)7-8-3-4-9(12)16-8/h3-4H,2,5-7,13H2,1H3. The molecule has 1 aliphatic rings. The van der Waals surface area contributed by atoms with Crippen LogP contribution in [0.2, 0.25) is 4.34 Å². The lowest BCUT2D eigenvalue weighted by Crippen LogP contribution is -2.45. The molecule has 0 unspecified atom stereocenters. The average Bonchev–Trinajstić information content (AvgIpc) is 2.88. The third-order valence-corrected chi connectivity index (χ3v) is 4.07. The molecule has 0 radical (unpaired) electrons. The molecule has 1 fully saturated rings. The number of carbonyl (C=O) groups is 1. The zero-order chi connectivity index (χ0) is 11.8. The molecule has 1 aromatic rings. The van der Waals surface area contributed by atoms with E-state index in [1.807, 2.05) is 19.1 Å². The zero-order valence-electron chi connectivity index (χ0n) is 9.20. The van der Waals surface area contributed by atoms with Crippen LogP contribution in [0.5, 0.6) is 0 Å². The molecule has 0 aromatic carbocycles. The van der Waals surface area contributed by atoms with Crippen LogP contribution in [0.15, 0.2) is 12.1 Å². The number of nitrogens with zero attached hydrogens (tertiary/aromatic N) is 1. The third kappa shape index (κ3) is 2.39. The highest BCUT2D eigenvalue weighted by Crippen LogP contribution is 2.34. The van der Waals surface area contributed by atoms with E-state index >= 15 is 0 Å². The second-order valence-electron chi connectivity index (χ2n) is 4.18. The van der Waals surface area contributed by atoms with Crippen molar-refractivity contribution in [3.63, 3.8) is 0 Å². The highest BCUT2D eigenvalue weighted by Gasteiger charge is 2.47. The first kappa shape index (κ1) is 11.9. The molecule has 1 aromatic heterocycles. The van der Waals surface area contributed by atoms with Crippen LogP contribution in [0.1, 0.15) is 24.6 Å². The monoisotopic (exact) mass is 258 g/mol. The van der Waals surface area contributed by atoms with Gasteiger partial charge in [-0.25, -0.2) is 0 Å². The normalized spacial score (nSPS) is 17.2. The maximum atomic E-state index is 12.0. The molecule has 88 valence electrons. The van der Waals surface area contributed by atoms with E-state index in [4.69, 9.17) is 17.3 Å². The Morgan fingerprint density at radius 3 is 2.75 bits per heavy atom. The van der Waals surface area contributed by atoms with Crippen molar-refractivity contribution in [1.29, 1.82) is 0 Å². The van der Waals surface area contributed by atoms with E-state index in [1.165, 1.54) is 11.3 Å². The van der Waals surface area contributed by atoms with Gasteiger partial charge in [0.25, 0.3) is 0 Å². The Balaban J connectivity index is 2.03. The van der Waals surface area contributed by atoms with Crippen LogP contribution in [-0.4, -0.2) is 22.9 Å². The second kappa shape index (κ2) is 4.35. The summed E-state index contributed by atoms with van der Waals surface area (Å²) in [6.45, 7) is 3.28. The van der Waals surface area contributed by atoms with Gasteiger partial charge in [0.2, 0.25) is 5.91 Å². The Labute approximate surface area is 104 Å². The molecule has 1 amide bonds. The number of rotatable bonds is 4. The van der Waals surface area contributed by atoms with E-state index in [1.54, 1.807) is 4.90 Å². The van der Waals surface area contributed by atoms with Gasteiger partial charge in [0.1, 0.15) is 0 Å². The number of hydrogen-bond donors (Lipinski definition) is 1. The number of hydrogen-bond acceptors (Lipinski definition) is 3. The summed E-state index contributed by atoms with van der Waals surface area (Å²) in [6, 6.07) is 3.81.